The van der Waals surface area contributed by atoms with Crippen LogP contribution in [0.1, 0.15) is 28.9 Å². The number of hydrogen-bond donors (Lipinski definition) is 3. The van der Waals surface area contributed by atoms with E-state index in [0.717, 1.165) is 41.4 Å². The van der Waals surface area contributed by atoms with Crippen molar-refractivity contribution in [3.05, 3.63) is 55.2 Å². The Balaban J connectivity index is 0.00000136. The van der Waals surface area contributed by atoms with Gasteiger partial charge in [-0.3, -0.25) is 14.4 Å². The number of nitrogens with one attached hydrogen (secondary N) is 2. The van der Waals surface area contributed by atoms with Crippen molar-refractivity contribution in [3.63, 3.8) is 0 Å². The van der Waals surface area contributed by atoms with Crippen LogP contribution >= 0.6 is 0 Å². The Morgan fingerprint density at radius 1 is 1.23 bits per heavy atom. The number of nitrogens with two attached hydrogens (primary N) is 1. The number of nitrogen functional groups attached to an aromatic ring is 1. The number of benzene rings is 1. The molecule has 0 atom stereocenters. The first-order valence-electron chi connectivity index (χ1n) is 9.80. The van der Waals surface area contributed by atoms with E-state index in [1.807, 2.05) is 12.1 Å². The number of likely N-dealkylation sites (tertiary alicyclic amines) is 1. The molecule has 0 saturated carbocycles. The molecule has 4 aromatic rings. The first-order valence-corrected chi connectivity index (χ1v) is 9.80. The van der Waals surface area contributed by atoms with E-state index in [2.05, 4.69) is 31.3 Å². The van der Waals surface area contributed by atoms with Gasteiger partial charge in [0.1, 0.15) is 5.82 Å². The number of carbonyl (C=O) groups is 1. The van der Waals surface area contributed by atoms with Crippen LogP contribution < -0.4 is 79.9 Å². The van der Waals surface area contributed by atoms with Crippen LogP contribution in [0.25, 0.3) is 21.8 Å². The molecule has 5 rings (SSSR count). The summed E-state index contributed by atoms with van der Waals surface area (Å²) in [6, 6.07) is 9.36. The van der Waals surface area contributed by atoms with Crippen molar-refractivity contribution < 1.29 is 73.7 Å². The van der Waals surface area contributed by atoms with Crippen LogP contribution in [0.15, 0.2) is 36.5 Å². The van der Waals surface area contributed by atoms with Gasteiger partial charge in [-0.15, -0.1) is 0 Å². The molecule has 4 heterocycles. The molecule has 9 heteroatoms. The third-order valence-electron chi connectivity index (χ3n) is 5.54. The molecule has 156 valence electrons. The fourth-order valence-electron chi connectivity index (χ4n) is 4.04. The maximum atomic E-state index is 12.7. The third-order valence-corrected chi connectivity index (χ3v) is 5.54. The molecule has 0 spiro atoms. The molecule has 4 N–H and O–H groups in total. The molecule has 0 radical (unpaired) electrons. The minimum absolute atomic E-state index is 0. The number of hydrogen-bond acceptors (Lipinski definition) is 5. The van der Waals surface area contributed by atoms with Crippen LogP contribution in [0.5, 0.6) is 0 Å². The average Bonchev–Trinajstić information content (AvgIpc) is 3.42. The zero-order valence-corrected chi connectivity index (χ0v) is 24.6. The Labute approximate surface area is 240 Å². The van der Waals surface area contributed by atoms with Crippen molar-refractivity contribution >= 4 is 39.3 Å². The molecule has 0 bridgehead atoms. The van der Waals surface area contributed by atoms with Crippen molar-refractivity contribution in [2.24, 2.45) is 7.05 Å². The summed E-state index contributed by atoms with van der Waals surface area (Å²) in [5.74, 6) is 0.752. The number of pyridine rings is 1. The summed E-state index contributed by atoms with van der Waals surface area (Å²) >= 11 is 0. The van der Waals surface area contributed by atoms with Crippen molar-refractivity contribution in [1.29, 1.82) is 0 Å². The second-order valence-corrected chi connectivity index (χ2v) is 7.63. The smallest absolute Gasteiger partial charge is 0.382 e. The Morgan fingerprint density at radius 3 is 2.77 bits per heavy atom. The number of amides is 1. The van der Waals surface area contributed by atoms with Crippen LogP contribution in [0.2, 0.25) is 0 Å². The minimum atomic E-state index is -0.220. The Morgan fingerprint density at radius 2 is 2.00 bits per heavy atom. The van der Waals surface area contributed by atoms with Gasteiger partial charge in [0.25, 0.3) is 5.91 Å². The van der Waals surface area contributed by atoms with Gasteiger partial charge in [0.15, 0.2) is 5.82 Å². The van der Waals surface area contributed by atoms with E-state index in [0.29, 0.717) is 17.2 Å². The monoisotopic (exact) mass is 537 g/mol. The Bertz CT molecular complexity index is 1220. The maximum absolute atomic E-state index is 12.7. The minimum Gasteiger partial charge on any atom is -0.382 e. The number of nitrogens with zero attached hydrogens (tertiary/aromatic N) is 4. The number of rotatable bonds is 4. The van der Waals surface area contributed by atoms with Crippen LogP contribution in [0.3, 0.4) is 0 Å². The zero-order valence-electron chi connectivity index (χ0n) is 18.3. The molecule has 0 aliphatic carbocycles. The van der Waals surface area contributed by atoms with Crippen LogP contribution in [0.4, 0.5) is 11.6 Å². The maximum Gasteiger partial charge on any atom is 1.00 e. The molecule has 1 saturated heterocycles. The summed E-state index contributed by atoms with van der Waals surface area (Å²) in [6.07, 6.45) is 4.34. The molecular weight excluding hydrogens is 511 g/mol. The van der Waals surface area contributed by atoms with Crippen molar-refractivity contribution in [2.75, 3.05) is 24.1 Å². The van der Waals surface area contributed by atoms with Gasteiger partial charge >= 0.3 is 68.9 Å². The van der Waals surface area contributed by atoms with E-state index in [-0.39, 0.29) is 82.2 Å². The topological polar surface area (TPSA) is 105 Å². The van der Waals surface area contributed by atoms with E-state index in [1.54, 1.807) is 30.1 Å². The number of H-pyrrole nitrogens is 1. The van der Waals surface area contributed by atoms with E-state index < -0.39 is 0 Å². The predicted octanol–water partition coefficient (Wildman–Crippen LogP) is 0.334. The number of aromatic nitrogens is 4. The number of fused-ring (bicyclic) bond motifs is 2. The first-order chi connectivity index (χ1) is 14.1. The third kappa shape index (κ3) is 5.03. The molecule has 1 fully saturated rings. The molecule has 1 aliphatic rings. The Kier molecular flexibility index (Phi) is 7.90. The SMILES string of the molecule is Cn1nc(N)c2ccc(C(=O)Nc3cc4[nH]c(CN5CCCC5)cc4cn3)cc21.[CH3-].[Cs+]. The van der Waals surface area contributed by atoms with Gasteiger partial charge in [-0.1, -0.05) is 0 Å². The van der Waals surface area contributed by atoms with E-state index in [1.165, 1.54) is 18.5 Å². The summed E-state index contributed by atoms with van der Waals surface area (Å²) in [5, 5.41) is 8.95. The van der Waals surface area contributed by atoms with Gasteiger partial charge in [0.05, 0.1) is 11.0 Å². The molecule has 1 aliphatic heterocycles. The predicted molar refractivity (Wildman–Crippen MR) is 120 cm³/mol. The number of aromatic amines is 1. The van der Waals surface area contributed by atoms with E-state index in [9.17, 15) is 4.79 Å². The molecule has 31 heavy (non-hydrogen) atoms. The number of aryl methyl sites for hydroxylation is 1. The molecule has 8 nitrogen and oxygen atoms in total. The van der Waals surface area contributed by atoms with Gasteiger partial charge in [-0.05, 0) is 50.2 Å². The zero-order chi connectivity index (χ0) is 20.0. The summed E-state index contributed by atoms with van der Waals surface area (Å²) < 4.78 is 1.67. The van der Waals surface area contributed by atoms with E-state index >= 15 is 0 Å². The largest absolute Gasteiger partial charge is 1.00 e. The van der Waals surface area contributed by atoms with Crippen LogP contribution in [0, 0.1) is 7.43 Å². The van der Waals surface area contributed by atoms with Crippen molar-refractivity contribution in [3.8, 4) is 0 Å². The van der Waals surface area contributed by atoms with Crippen LogP contribution in [-0.2, 0) is 13.6 Å². The normalized spacial score (nSPS) is 13.8. The fourth-order valence-corrected chi connectivity index (χ4v) is 4.04. The summed E-state index contributed by atoms with van der Waals surface area (Å²) in [7, 11) is 1.81. The summed E-state index contributed by atoms with van der Waals surface area (Å²) in [5.41, 5.74) is 9.37. The quantitative estimate of drug-likeness (QED) is 0.326. The second-order valence-electron chi connectivity index (χ2n) is 7.63. The van der Waals surface area contributed by atoms with Crippen molar-refractivity contribution in [1.82, 2.24) is 24.6 Å². The van der Waals surface area contributed by atoms with Gasteiger partial charge in [-0.25, -0.2) is 4.98 Å². The first kappa shape index (κ1) is 24.3. The average molecular weight is 537 g/mol. The number of anilines is 2. The molecule has 3 aromatic heterocycles. The summed E-state index contributed by atoms with van der Waals surface area (Å²) in [6.45, 7) is 3.23. The van der Waals surface area contributed by atoms with Gasteiger partial charge in [-0.2, -0.15) is 5.10 Å². The molecule has 1 aromatic carbocycles. The van der Waals surface area contributed by atoms with Gasteiger partial charge in [0, 0.05) is 47.9 Å². The standard InChI is InChI=1S/C21H23N7O.CH3.Cs/c1-27-18-9-13(4-5-16(18)20(22)26-27)21(29)25-19-10-17-14(11-23-19)8-15(24-17)12-28-6-2-3-7-28;;/h4-5,8-11,24H,2-3,6-7,12H2,1H3,(H2,22,26)(H,23,25,29);1H3;/q;-1;+1. The molecule has 0 unspecified atom stereocenters. The molecular formula is C22H26CsN7O. The molecule has 1 amide bonds. The fraction of sp³-hybridized carbons (Fsp3) is 0.273. The van der Waals surface area contributed by atoms with E-state index in [4.69, 9.17) is 5.73 Å². The Hall–Kier alpha value is -1.34. The second kappa shape index (κ2) is 10.1. The van der Waals surface area contributed by atoms with Gasteiger partial charge < -0.3 is 23.5 Å². The summed E-state index contributed by atoms with van der Waals surface area (Å²) in [4.78, 5) is 23.0. The van der Waals surface area contributed by atoms with Crippen molar-refractivity contribution in [2.45, 2.75) is 19.4 Å². The number of carbonyl (C=O) groups excluding carboxylic acids is 1. The van der Waals surface area contributed by atoms with Gasteiger partial charge in [0.2, 0.25) is 0 Å². The van der Waals surface area contributed by atoms with Crippen LogP contribution in [-0.4, -0.2) is 43.6 Å².